The van der Waals surface area contributed by atoms with Crippen molar-refractivity contribution in [1.82, 2.24) is 15.2 Å². The van der Waals surface area contributed by atoms with E-state index in [0.717, 1.165) is 5.56 Å². The van der Waals surface area contributed by atoms with Crippen molar-refractivity contribution in [3.63, 3.8) is 0 Å². The number of carbonyl (C=O) groups is 1. The van der Waals surface area contributed by atoms with Gasteiger partial charge in [-0.2, -0.15) is 5.10 Å². The minimum Gasteiger partial charge on any atom is -0.483 e. The number of aromatic nitrogens is 3. The number of carbonyl (C=O) groups excluding carboxylic acids is 1. The van der Waals surface area contributed by atoms with Crippen molar-refractivity contribution in [3.05, 3.63) is 35.5 Å². The van der Waals surface area contributed by atoms with Crippen LogP contribution in [0.2, 0.25) is 5.02 Å². The quantitative estimate of drug-likeness (QED) is 0.689. The van der Waals surface area contributed by atoms with E-state index < -0.39 is 11.7 Å². The zero-order valence-electron chi connectivity index (χ0n) is 10.6. The molecule has 0 saturated heterocycles. The first-order valence-electron chi connectivity index (χ1n) is 5.97. The highest BCUT2D eigenvalue weighted by molar-refractivity contribution is 6.32. The maximum Gasteiger partial charge on any atom is 0.255 e. The van der Waals surface area contributed by atoms with Gasteiger partial charge in [0.15, 0.2) is 12.4 Å². The van der Waals surface area contributed by atoms with Gasteiger partial charge in [0.2, 0.25) is 0 Å². The van der Waals surface area contributed by atoms with Gasteiger partial charge in [-0.3, -0.25) is 9.89 Å². The maximum atomic E-state index is 14.1. The fourth-order valence-electron chi connectivity index (χ4n) is 2.11. The summed E-state index contributed by atoms with van der Waals surface area (Å²) in [7, 11) is 0. The molecule has 0 aliphatic heterocycles. The number of nitrogens with two attached hydrogens (primary N) is 1. The Kier molecular flexibility index (Phi) is 3.26. The van der Waals surface area contributed by atoms with Crippen molar-refractivity contribution in [3.8, 4) is 16.9 Å². The van der Waals surface area contributed by atoms with Gasteiger partial charge in [0.1, 0.15) is 5.75 Å². The summed E-state index contributed by atoms with van der Waals surface area (Å²) in [5.74, 6) is -0.954. The number of hydrogen-bond donors (Lipinski definition) is 3. The lowest BCUT2D eigenvalue weighted by Crippen LogP contribution is -2.20. The second-order valence-corrected chi connectivity index (χ2v) is 4.77. The summed E-state index contributed by atoms with van der Waals surface area (Å²) in [6.07, 6.45) is 4.87. The molecule has 0 bridgehead atoms. The van der Waals surface area contributed by atoms with E-state index in [1.165, 1.54) is 6.07 Å². The zero-order chi connectivity index (χ0) is 15.0. The third-order valence-electron chi connectivity index (χ3n) is 2.99. The Balaban J connectivity index is 2.22. The number of nitrogens with zero attached hydrogens (tertiary/aromatic N) is 1. The number of amides is 1. The van der Waals surface area contributed by atoms with Gasteiger partial charge in [0.05, 0.1) is 22.1 Å². The van der Waals surface area contributed by atoms with E-state index >= 15 is 0 Å². The van der Waals surface area contributed by atoms with Gasteiger partial charge in [-0.1, -0.05) is 11.6 Å². The lowest BCUT2D eigenvalue weighted by Gasteiger charge is -2.08. The second kappa shape index (κ2) is 5.10. The summed E-state index contributed by atoms with van der Waals surface area (Å²) in [6.45, 7) is -0.326. The van der Waals surface area contributed by atoms with Gasteiger partial charge in [-0.25, -0.2) is 4.39 Å². The monoisotopic (exact) mass is 308 g/mol. The third-order valence-corrected chi connectivity index (χ3v) is 3.27. The molecule has 1 amide bonds. The molecule has 3 rings (SSSR count). The van der Waals surface area contributed by atoms with Crippen molar-refractivity contribution in [1.29, 1.82) is 0 Å². The lowest BCUT2D eigenvalue weighted by atomic mass is 10.1. The van der Waals surface area contributed by atoms with Crippen LogP contribution in [0.4, 0.5) is 4.39 Å². The summed E-state index contributed by atoms with van der Waals surface area (Å²) in [5, 5.41) is 6.90. The number of fused-ring (bicyclic) bond motifs is 1. The first kappa shape index (κ1) is 13.4. The predicted octanol–water partition coefficient (Wildman–Crippen LogP) is 2.21. The van der Waals surface area contributed by atoms with Crippen molar-refractivity contribution in [2.24, 2.45) is 5.73 Å². The Morgan fingerprint density at radius 2 is 2.29 bits per heavy atom. The summed E-state index contributed by atoms with van der Waals surface area (Å²) in [4.78, 5) is 13.7. The average molecular weight is 309 g/mol. The van der Waals surface area contributed by atoms with Crippen LogP contribution in [-0.4, -0.2) is 27.7 Å². The standard InChI is InChI=1S/C13H10ClFN4O2/c14-8-1-9(21-5-10(16)20)11-7(6-2-18-19-3-6)4-17-13(11)12(8)15/h1-4,17H,5H2,(H2,16,20)(H,18,19). The molecule has 108 valence electrons. The van der Waals surface area contributed by atoms with Crippen LogP contribution in [0, 0.1) is 5.82 Å². The van der Waals surface area contributed by atoms with Crippen molar-refractivity contribution < 1.29 is 13.9 Å². The van der Waals surface area contributed by atoms with Crippen LogP contribution >= 0.6 is 11.6 Å². The first-order valence-corrected chi connectivity index (χ1v) is 6.35. The molecule has 4 N–H and O–H groups in total. The third kappa shape index (κ3) is 2.31. The Morgan fingerprint density at radius 3 is 2.95 bits per heavy atom. The van der Waals surface area contributed by atoms with Crippen LogP contribution in [0.3, 0.4) is 0 Å². The molecule has 3 aromatic rings. The van der Waals surface area contributed by atoms with Crippen molar-refractivity contribution in [2.45, 2.75) is 0 Å². The van der Waals surface area contributed by atoms with Crippen LogP contribution in [0.1, 0.15) is 0 Å². The number of aromatic amines is 2. The van der Waals surface area contributed by atoms with Crippen molar-refractivity contribution in [2.75, 3.05) is 6.61 Å². The molecule has 0 fully saturated rings. The fourth-order valence-corrected chi connectivity index (χ4v) is 2.30. The summed E-state index contributed by atoms with van der Waals surface area (Å²) in [6, 6.07) is 1.32. The molecular weight excluding hydrogens is 299 g/mol. The lowest BCUT2D eigenvalue weighted by molar-refractivity contribution is -0.119. The molecule has 0 aliphatic carbocycles. The van der Waals surface area contributed by atoms with Crippen LogP contribution in [-0.2, 0) is 4.79 Å². The minimum absolute atomic E-state index is 0.109. The number of halogens is 2. The van der Waals surface area contributed by atoms with E-state index in [2.05, 4.69) is 15.2 Å². The van der Waals surface area contributed by atoms with E-state index in [1.807, 2.05) is 0 Å². The van der Waals surface area contributed by atoms with E-state index in [9.17, 15) is 9.18 Å². The largest absolute Gasteiger partial charge is 0.483 e. The Hall–Kier alpha value is -2.54. The number of hydrogen-bond acceptors (Lipinski definition) is 3. The van der Waals surface area contributed by atoms with Gasteiger partial charge < -0.3 is 15.5 Å². The highest BCUT2D eigenvalue weighted by Gasteiger charge is 2.18. The minimum atomic E-state index is -0.635. The zero-order valence-corrected chi connectivity index (χ0v) is 11.4. The Bertz CT molecular complexity index is 813. The molecule has 21 heavy (non-hydrogen) atoms. The smallest absolute Gasteiger partial charge is 0.255 e. The topological polar surface area (TPSA) is 96.8 Å². The molecule has 1 aromatic carbocycles. The predicted molar refractivity (Wildman–Crippen MR) is 75.5 cm³/mol. The number of H-pyrrole nitrogens is 2. The average Bonchev–Trinajstić information content (AvgIpc) is 3.09. The van der Waals surface area contributed by atoms with Gasteiger partial charge >= 0.3 is 0 Å². The fraction of sp³-hybridized carbons (Fsp3) is 0.0769. The molecule has 0 radical (unpaired) electrons. The van der Waals surface area contributed by atoms with Gasteiger partial charge in [0, 0.05) is 29.6 Å². The molecule has 2 aromatic heterocycles. The summed E-state index contributed by atoms with van der Waals surface area (Å²) < 4.78 is 19.4. The molecule has 0 unspecified atom stereocenters. The SMILES string of the molecule is NC(=O)COc1cc(Cl)c(F)c2[nH]cc(-c3cn[nH]c3)c12. The number of ether oxygens (including phenoxy) is 1. The second-order valence-electron chi connectivity index (χ2n) is 4.36. The molecule has 0 atom stereocenters. The molecule has 2 heterocycles. The van der Waals surface area contributed by atoms with Gasteiger partial charge in [0.25, 0.3) is 5.91 Å². The molecule has 8 heteroatoms. The molecule has 6 nitrogen and oxygen atoms in total. The summed E-state index contributed by atoms with van der Waals surface area (Å²) >= 11 is 5.83. The number of nitrogens with one attached hydrogen (secondary N) is 2. The normalized spacial score (nSPS) is 11.0. The molecule has 0 aliphatic rings. The number of primary amides is 1. The van der Waals surface area contributed by atoms with Gasteiger partial charge in [-0.15, -0.1) is 0 Å². The van der Waals surface area contributed by atoms with Crippen LogP contribution in [0.15, 0.2) is 24.7 Å². The number of benzene rings is 1. The van der Waals surface area contributed by atoms with Crippen LogP contribution in [0.5, 0.6) is 5.75 Å². The molecule has 0 saturated carbocycles. The van der Waals surface area contributed by atoms with E-state index in [4.69, 9.17) is 22.1 Å². The number of rotatable bonds is 4. The van der Waals surface area contributed by atoms with Crippen LogP contribution < -0.4 is 10.5 Å². The van der Waals surface area contributed by atoms with E-state index in [0.29, 0.717) is 10.9 Å². The molecular formula is C13H10ClFN4O2. The maximum absolute atomic E-state index is 14.1. The Labute approximate surface area is 123 Å². The summed E-state index contributed by atoms with van der Waals surface area (Å²) in [5.41, 5.74) is 6.68. The van der Waals surface area contributed by atoms with E-state index in [1.54, 1.807) is 18.6 Å². The van der Waals surface area contributed by atoms with Crippen molar-refractivity contribution >= 4 is 28.4 Å². The highest BCUT2D eigenvalue weighted by Crippen LogP contribution is 2.39. The first-order chi connectivity index (χ1) is 10.1. The van der Waals surface area contributed by atoms with Gasteiger partial charge in [-0.05, 0) is 0 Å². The Morgan fingerprint density at radius 1 is 1.48 bits per heavy atom. The van der Waals surface area contributed by atoms with E-state index in [-0.39, 0.29) is 22.9 Å². The van der Waals surface area contributed by atoms with Crippen LogP contribution in [0.25, 0.3) is 22.0 Å². The molecule has 0 spiro atoms. The highest BCUT2D eigenvalue weighted by atomic mass is 35.5.